The quantitative estimate of drug-likeness (QED) is 0.603. The molecule has 0 saturated carbocycles. The van der Waals surface area contributed by atoms with E-state index in [1.165, 1.54) is 0 Å². The number of hydrogen-bond acceptors (Lipinski definition) is 4. The summed E-state index contributed by atoms with van der Waals surface area (Å²) in [6.45, 7) is 2.98. The zero-order valence-electron chi connectivity index (χ0n) is 15.2. The Morgan fingerprint density at radius 1 is 0.962 bits per heavy atom. The predicted molar refractivity (Wildman–Crippen MR) is 104 cm³/mol. The summed E-state index contributed by atoms with van der Waals surface area (Å²) in [6.07, 6.45) is 2.13. The summed E-state index contributed by atoms with van der Waals surface area (Å²) in [4.78, 5) is 23.5. The van der Waals surface area contributed by atoms with Crippen molar-refractivity contribution >= 4 is 23.2 Å². The molecule has 0 fully saturated rings. The average molecular weight is 355 g/mol. The molecule has 26 heavy (non-hydrogen) atoms. The maximum Gasteiger partial charge on any atom is 0.251 e. The number of hydrogen-bond donors (Lipinski definition) is 3. The van der Waals surface area contributed by atoms with Gasteiger partial charge in [-0.1, -0.05) is 13.3 Å². The van der Waals surface area contributed by atoms with Crippen molar-refractivity contribution in [2.24, 2.45) is 0 Å². The largest absolute Gasteiger partial charge is 0.494 e. The normalized spacial score (nSPS) is 10.1. The van der Waals surface area contributed by atoms with Crippen molar-refractivity contribution in [2.45, 2.75) is 19.8 Å². The molecule has 0 aliphatic rings. The third-order valence-corrected chi connectivity index (χ3v) is 3.73. The zero-order valence-corrected chi connectivity index (χ0v) is 15.2. The molecule has 2 amide bonds. The lowest BCUT2D eigenvalue weighted by molar-refractivity contribution is -0.114. The molecule has 0 aliphatic carbocycles. The van der Waals surface area contributed by atoms with Crippen molar-refractivity contribution in [1.82, 2.24) is 5.32 Å². The number of rotatable bonds is 9. The molecule has 0 bridgehead atoms. The Morgan fingerprint density at radius 2 is 1.62 bits per heavy atom. The molecule has 0 radical (unpaired) electrons. The van der Waals surface area contributed by atoms with Crippen LogP contribution in [0.4, 0.5) is 11.4 Å². The van der Waals surface area contributed by atoms with E-state index < -0.39 is 0 Å². The van der Waals surface area contributed by atoms with Gasteiger partial charge in [0.25, 0.3) is 5.91 Å². The number of unbranched alkanes of at least 4 members (excludes halogenated alkanes) is 1. The number of carbonyl (C=O) groups excluding carboxylic acids is 2. The molecule has 0 spiro atoms. The Hall–Kier alpha value is -3.02. The van der Waals surface area contributed by atoms with Crippen molar-refractivity contribution in [2.75, 3.05) is 30.8 Å². The third-order valence-electron chi connectivity index (χ3n) is 3.73. The Morgan fingerprint density at radius 3 is 2.23 bits per heavy atom. The third kappa shape index (κ3) is 6.12. The van der Waals surface area contributed by atoms with Gasteiger partial charge in [0.05, 0.1) is 13.2 Å². The highest BCUT2D eigenvalue weighted by molar-refractivity contribution is 5.96. The number of amides is 2. The predicted octanol–water partition coefficient (Wildman–Crippen LogP) is 3.28. The summed E-state index contributed by atoms with van der Waals surface area (Å²) in [6, 6.07) is 14.3. The van der Waals surface area contributed by atoms with Gasteiger partial charge in [-0.2, -0.15) is 0 Å². The second-order valence-corrected chi connectivity index (χ2v) is 5.78. The summed E-state index contributed by atoms with van der Waals surface area (Å²) >= 11 is 0. The van der Waals surface area contributed by atoms with E-state index in [0.29, 0.717) is 17.9 Å². The van der Waals surface area contributed by atoms with E-state index in [1.807, 2.05) is 24.3 Å². The van der Waals surface area contributed by atoms with Crippen molar-refractivity contribution in [3.63, 3.8) is 0 Å². The maximum atomic E-state index is 12.0. The fourth-order valence-corrected chi connectivity index (χ4v) is 2.24. The van der Waals surface area contributed by atoms with Gasteiger partial charge in [-0.3, -0.25) is 9.59 Å². The summed E-state index contributed by atoms with van der Waals surface area (Å²) in [5, 5.41) is 8.40. The molecule has 2 aromatic carbocycles. The van der Waals surface area contributed by atoms with E-state index in [-0.39, 0.29) is 18.4 Å². The summed E-state index contributed by atoms with van der Waals surface area (Å²) in [5.41, 5.74) is 2.03. The van der Waals surface area contributed by atoms with Gasteiger partial charge in [-0.25, -0.2) is 0 Å². The second kappa shape index (κ2) is 10.1. The molecule has 0 aromatic heterocycles. The minimum Gasteiger partial charge on any atom is -0.494 e. The van der Waals surface area contributed by atoms with Crippen molar-refractivity contribution < 1.29 is 14.3 Å². The highest BCUT2D eigenvalue weighted by Crippen LogP contribution is 2.16. The lowest BCUT2D eigenvalue weighted by Gasteiger charge is -2.10. The minimum absolute atomic E-state index is 0.146. The number of anilines is 2. The molecule has 0 aliphatic heterocycles. The van der Waals surface area contributed by atoms with Crippen LogP contribution in [-0.4, -0.2) is 32.0 Å². The van der Waals surface area contributed by atoms with Crippen LogP contribution in [0.25, 0.3) is 0 Å². The van der Waals surface area contributed by atoms with Gasteiger partial charge in [-0.05, 0) is 55.0 Å². The monoisotopic (exact) mass is 355 g/mol. The SMILES string of the molecule is CCCCOc1ccc(NCC(=O)Nc2ccc(C(=O)NC)cc2)cc1. The van der Waals surface area contributed by atoms with Crippen LogP contribution in [0, 0.1) is 0 Å². The number of benzene rings is 2. The lowest BCUT2D eigenvalue weighted by Crippen LogP contribution is -2.22. The molecule has 6 nitrogen and oxygen atoms in total. The molecule has 2 aromatic rings. The van der Waals surface area contributed by atoms with Crippen LogP contribution in [0.2, 0.25) is 0 Å². The number of nitrogens with one attached hydrogen (secondary N) is 3. The van der Waals surface area contributed by atoms with E-state index in [2.05, 4.69) is 22.9 Å². The summed E-state index contributed by atoms with van der Waals surface area (Å²) < 4.78 is 5.61. The lowest BCUT2D eigenvalue weighted by atomic mass is 10.2. The van der Waals surface area contributed by atoms with E-state index >= 15 is 0 Å². The molecule has 3 N–H and O–H groups in total. The first-order chi connectivity index (χ1) is 12.6. The van der Waals surface area contributed by atoms with E-state index in [4.69, 9.17) is 4.74 Å². The van der Waals surface area contributed by atoms with Gasteiger partial charge in [0.1, 0.15) is 5.75 Å². The Labute approximate surface area is 153 Å². The zero-order chi connectivity index (χ0) is 18.8. The van der Waals surface area contributed by atoms with Crippen LogP contribution < -0.4 is 20.7 Å². The first-order valence-electron chi connectivity index (χ1n) is 8.71. The Bertz CT molecular complexity index is 712. The van der Waals surface area contributed by atoms with Crippen molar-refractivity contribution in [3.8, 4) is 5.75 Å². The smallest absolute Gasteiger partial charge is 0.251 e. The summed E-state index contributed by atoms with van der Waals surface area (Å²) in [7, 11) is 1.58. The highest BCUT2D eigenvalue weighted by Gasteiger charge is 2.05. The fraction of sp³-hybridized carbons (Fsp3) is 0.300. The van der Waals surface area contributed by atoms with Crippen molar-refractivity contribution in [1.29, 1.82) is 0 Å². The number of carbonyl (C=O) groups is 2. The topological polar surface area (TPSA) is 79.5 Å². The second-order valence-electron chi connectivity index (χ2n) is 5.78. The molecule has 138 valence electrons. The van der Waals surface area contributed by atoms with Gasteiger partial charge in [0.15, 0.2) is 0 Å². The highest BCUT2D eigenvalue weighted by atomic mass is 16.5. The van der Waals surface area contributed by atoms with E-state index in [9.17, 15) is 9.59 Å². The van der Waals surface area contributed by atoms with Crippen LogP contribution >= 0.6 is 0 Å². The van der Waals surface area contributed by atoms with Gasteiger partial charge in [0, 0.05) is 24.0 Å². The molecule has 2 rings (SSSR count). The van der Waals surface area contributed by atoms with Gasteiger partial charge in [-0.15, -0.1) is 0 Å². The molecule has 0 unspecified atom stereocenters. The fourth-order valence-electron chi connectivity index (χ4n) is 2.24. The van der Waals surface area contributed by atoms with Crippen LogP contribution in [0.5, 0.6) is 5.75 Å². The number of ether oxygens (including phenoxy) is 1. The van der Waals surface area contributed by atoms with Gasteiger partial charge in [0.2, 0.25) is 5.91 Å². The Balaban J connectivity index is 1.78. The van der Waals surface area contributed by atoms with Crippen LogP contribution in [0.1, 0.15) is 30.1 Å². The molecule has 0 heterocycles. The van der Waals surface area contributed by atoms with Crippen LogP contribution in [-0.2, 0) is 4.79 Å². The van der Waals surface area contributed by atoms with E-state index in [1.54, 1.807) is 31.3 Å². The molecule has 0 atom stereocenters. The summed E-state index contributed by atoms with van der Waals surface area (Å²) in [5.74, 6) is 0.497. The maximum absolute atomic E-state index is 12.0. The van der Waals surface area contributed by atoms with Gasteiger partial charge >= 0.3 is 0 Å². The molecular weight excluding hydrogens is 330 g/mol. The standard InChI is InChI=1S/C20H25N3O3/c1-3-4-13-26-18-11-9-16(10-12-18)22-14-19(24)23-17-7-5-15(6-8-17)20(25)21-2/h5-12,22H,3-4,13-14H2,1-2H3,(H,21,25)(H,23,24). The minimum atomic E-state index is -0.166. The first-order valence-corrected chi connectivity index (χ1v) is 8.71. The van der Waals surface area contributed by atoms with Crippen LogP contribution in [0.15, 0.2) is 48.5 Å². The Kier molecular flexibility index (Phi) is 7.49. The van der Waals surface area contributed by atoms with Gasteiger partial charge < -0.3 is 20.7 Å². The van der Waals surface area contributed by atoms with Crippen molar-refractivity contribution in [3.05, 3.63) is 54.1 Å². The van der Waals surface area contributed by atoms with E-state index in [0.717, 1.165) is 24.3 Å². The first kappa shape index (κ1) is 19.3. The molecule has 0 saturated heterocycles. The van der Waals surface area contributed by atoms with Crippen LogP contribution in [0.3, 0.4) is 0 Å². The molecular formula is C20H25N3O3. The average Bonchev–Trinajstić information content (AvgIpc) is 2.67. The molecule has 6 heteroatoms.